The first kappa shape index (κ1) is 11.3. The fourth-order valence-corrected chi connectivity index (χ4v) is 2.49. The minimum atomic E-state index is 0.724. The molecule has 88 valence electrons. The number of nitrogens with one attached hydrogen (secondary N) is 1. The monoisotopic (exact) mass is 212 g/mol. The molecule has 1 atom stereocenters. The van der Waals surface area contributed by atoms with Crippen LogP contribution in [0.1, 0.15) is 0 Å². The Hall–Kier alpha value is -0.160. The zero-order valence-electron chi connectivity index (χ0n) is 10.1. The fraction of sp³-hybridized carbons (Fsp3) is 1.00. The molecule has 2 fully saturated rings. The smallest absolute Gasteiger partial charge is 0.0347 e. The Labute approximate surface area is 93.2 Å². The quantitative estimate of drug-likeness (QED) is 0.643. The van der Waals surface area contributed by atoms with Gasteiger partial charge in [0.15, 0.2) is 0 Å². The molecule has 1 unspecified atom stereocenters. The van der Waals surface area contributed by atoms with Gasteiger partial charge in [0.1, 0.15) is 0 Å². The molecule has 4 heteroatoms. The average molecular weight is 212 g/mol. The van der Waals surface area contributed by atoms with Crippen molar-refractivity contribution in [3.05, 3.63) is 0 Å². The predicted octanol–water partition coefficient (Wildman–Crippen LogP) is -0.863. The molecule has 0 saturated carbocycles. The van der Waals surface area contributed by atoms with Crippen LogP contribution in [0.4, 0.5) is 0 Å². The van der Waals surface area contributed by atoms with Crippen LogP contribution in [-0.4, -0.2) is 87.2 Å². The van der Waals surface area contributed by atoms with E-state index in [0.29, 0.717) is 0 Å². The molecule has 2 aliphatic heterocycles. The van der Waals surface area contributed by atoms with Crippen molar-refractivity contribution in [3.63, 3.8) is 0 Å². The lowest BCUT2D eigenvalue weighted by molar-refractivity contribution is 0.0784. The molecular weight excluding hydrogens is 188 g/mol. The van der Waals surface area contributed by atoms with Crippen molar-refractivity contribution in [1.82, 2.24) is 20.0 Å². The van der Waals surface area contributed by atoms with Crippen molar-refractivity contribution in [2.75, 3.05) is 66.5 Å². The Morgan fingerprint density at radius 2 is 1.80 bits per heavy atom. The Bertz CT molecular complexity index is 191. The van der Waals surface area contributed by atoms with Gasteiger partial charge in [0.25, 0.3) is 0 Å². The minimum absolute atomic E-state index is 0.724. The van der Waals surface area contributed by atoms with Crippen LogP contribution in [0, 0.1) is 0 Å². The lowest BCUT2D eigenvalue weighted by atomic mass is 10.1. The van der Waals surface area contributed by atoms with E-state index >= 15 is 0 Å². The van der Waals surface area contributed by atoms with Crippen LogP contribution in [0.15, 0.2) is 0 Å². The van der Waals surface area contributed by atoms with Gasteiger partial charge in [0.05, 0.1) is 0 Å². The standard InChI is InChI=1S/C11H24N4/c1-13-7-8-14(2)11(9-13)10-15-5-3-12-4-6-15/h11-12H,3-10H2,1-2H3. The van der Waals surface area contributed by atoms with Crippen LogP contribution in [0.3, 0.4) is 0 Å². The van der Waals surface area contributed by atoms with Gasteiger partial charge < -0.3 is 10.2 Å². The molecule has 0 bridgehead atoms. The molecule has 2 heterocycles. The first-order chi connectivity index (χ1) is 7.25. The van der Waals surface area contributed by atoms with Gasteiger partial charge in [-0.15, -0.1) is 0 Å². The molecule has 2 saturated heterocycles. The van der Waals surface area contributed by atoms with E-state index in [9.17, 15) is 0 Å². The predicted molar refractivity (Wildman–Crippen MR) is 63.2 cm³/mol. The maximum absolute atomic E-state index is 3.41. The second kappa shape index (κ2) is 5.25. The van der Waals surface area contributed by atoms with Crippen molar-refractivity contribution in [1.29, 1.82) is 0 Å². The van der Waals surface area contributed by atoms with E-state index in [-0.39, 0.29) is 0 Å². The highest BCUT2D eigenvalue weighted by Crippen LogP contribution is 2.08. The zero-order chi connectivity index (χ0) is 10.7. The van der Waals surface area contributed by atoms with Crippen molar-refractivity contribution >= 4 is 0 Å². The molecule has 2 rings (SSSR count). The molecule has 0 radical (unpaired) electrons. The summed E-state index contributed by atoms with van der Waals surface area (Å²) in [6.45, 7) is 9.64. The topological polar surface area (TPSA) is 21.8 Å². The average Bonchev–Trinajstić information content (AvgIpc) is 2.25. The van der Waals surface area contributed by atoms with E-state index in [1.54, 1.807) is 0 Å². The van der Waals surface area contributed by atoms with Crippen LogP contribution in [-0.2, 0) is 0 Å². The summed E-state index contributed by atoms with van der Waals surface area (Å²) in [7, 11) is 4.50. The van der Waals surface area contributed by atoms with Gasteiger partial charge in [-0.1, -0.05) is 0 Å². The molecule has 0 aromatic heterocycles. The summed E-state index contributed by atoms with van der Waals surface area (Å²) < 4.78 is 0. The minimum Gasteiger partial charge on any atom is -0.314 e. The highest BCUT2D eigenvalue weighted by atomic mass is 15.3. The second-order valence-electron chi connectivity index (χ2n) is 4.95. The third kappa shape index (κ3) is 3.14. The fourth-order valence-electron chi connectivity index (χ4n) is 2.49. The Morgan fingerprint density at radius 1 is 1.07 bits per heavy atom. The molecule has 4 nitrogen and oxygen atoms in total. The number of nitrogens with zero attached hydrogens (tertiary/aromatic N) is 3. The summed E-state index contributed by atoms with van der Waals surface area (Å²) in [6, 6.07) is 0.724. The van der Waals surface area contributed by atoms with Crippen LogP contribution < -0.4 is 5.32 Å². The highest BCUT2D eigenvalue weighted by molar-refractivity contribution is 4.82. The van der Waals surface area contributed by atoms with Gasteiger partial charge in [-0.2, -0.15) is 0 Å². The number of hydrogen-bond donors (Lipinski definition) is 1. The van der Waals surface area contributed by atoms with Gasteiger partial charge in [-0.05, 0) is 14.1 Å². The first-order valence-corrected chi connectivity index (χ1v) is 6.07. The van der Waals surface area contributed by atoms with Crippen LogP contribution in [0.2, 0.25) is 0 Å². The second-order valence-corrected chi connectivity index (χ2v) is 4.95. The molecule has 0 aromatic carbocycles. The Balaban J connectivity index is 1.80. The lowest BCUT2D eigenvalue weighted by Crippen LogP contribution is -2.56. The van der Waals surface area contributed by atoms with Crippen molar-refractivity contribution in [2.45, 2.75) is 6.04 Å². The van der Waals surface area contributed by atoms with E-state index in [0.717, 1.165) is 19.1 Å². The van der Waals surface area contributed by atoms with E-state index in [1.807, 2.05) is 0 Å². The summed E-state index contributed by atoms with van der Waals surface area (Å²) in [5.74, 6) is 0. The van der Waals surface area contributed by atoms with Gasteiger partial charge in [0, 0.05) is 58.4 Å². The maximum atomic E-state index is 3.41. The zero-order valence-corrected chi connectivity index (χ0v) is 10.1. The molecule has 1 N–H and O–H groups in total. The van der Waals surface area contributed by atoms with Crippen LogP contribution in [0.25, 0.3) is 0 Å². The largest absolute Gasteiger partial charge is 0.314 e. The third-order valence-corrected chi connectivity index (χ3v) is 3.66. The number of rotatable bonds is 2. The van der Waals surface area contributed by atoms with E-state index in [1.165, 1.54) is 39.3 Å². The SMILES string of the molecule is CN1CCN(C)C(CN2CCNCC2)C1. The summed E-state index contributed by atoms with van der Waals surface area (Å²) in [4.78, 5) is 7.56. The molecule has 0 aromatic rings. The van der Waals surface area contributed by atoms with Crippen molar-refractivity contribution < 1.29 is 0 Å². The summed E-state index contributed by atoms with van der Waals surface area (Å²) in [6.07, 6.45) is 0. The number of piperazine rings is 2. The maximum Gasteiger partial charge on any atom is 0.0347 e. The molecule has 0 aliphatic carbocycles. The summed E-state index contributed by atoms with van der Waals surface area (Å²) in [5.41, 5.74) is 0. The highest BCUT2D eigenvalue weighted by Gasteiger charge is 2.24. The molecule has 0 spiro atoms. The molecule has 0 amide bonds. The van der Waals surface area contributed by atoms with Crippen molar-refractivity contribution in [2.24, 2.45) is 0 Å². The lowest BCUT2D eigenvalue weighted by Gasteiger charge is -2.41. The molecule has 15 heavy (non-hydrogen) atoms. The third-order valence-electron chi connectivity index (χ3n) is 3.66. The van der Waals surface area contributed by atoms with Crippen LogP contribution in [0.5, 0.6) is 0 Å². The molecular formula is C11H24N4. The number of likely N-dealkylation sites (N-methyl/N-ethyl adjacent to an activating group) is 2. The number of hydrogen-bond acceptors (Lipinski definition) is 4. The van der Waals surface area contributed by atoms with Crippen LogP contribution >= 0.6 is 0 Å². The Morgan fingerprint density at radius 3 is 2.53 bits per heavy atom. The van der Waals surface area contributed by atoms with E-state index in [4.69, 9.17) is 0 Å². The van der Waals surface area contributed by atoms with Gasteiger partial charge in [-0.3, -0.25) is 9.80 Å². The Kier molecular flexibility index (Phi) is 3.97. The molecule has 2 aliphatic rings. The van der Waals surface area contributed by atoms with Gasteiger partial charge in [0.2, 0.25) is 0 Å². The van der Waals surface area contributed by atoms with Gasteiger partial charge in [-0.25, -0.2) is 0 Å². The summed E-state index contributed by atoms with van der Waals surface area (Å²) in [5, 5.41) is 3.41. The summed E-state index contributed by atoms with van der Waals surface area (Å²) >= 11 is 0. The van der Waals surface area contributed by atoms with Crippen molar-refractivity contribution in [3.8, 4) is 0 Å². The van der Waals surface area contributed by atoms with E-state index in [2.05, 4.69) is 34.1 Å². The van der Waals surface area contributed by atoms with E-state index < -0.39 is 0 Å². The van der Waals surface area contributed by atoms with Gasteiger partial charge >= 0.3 is 0 Å². The normalized spacial score (nSPS) is 32.0. The first-order valence-electron chi connectivity index (χ1n) is 6.07.